The van der Waals surface area contributed by atoms with Crippen LogP contribution in [0.25, 0.3) is 0 Å². The number of urea groups is 1. The van der Waals surface area contributed by atoms with E-state index in [1.54, 1.807) is 18.7 Å². The molecule has 4 N–H and O–H groups in total. The minimum absolute atomic E-state index is 0.148. The highest BCUT2D eigenvalue weighted by atomic mass is 32.2. The third-order valence-electron chi connectivity index (χ3n) is 3.66. The fourth-order valence-electron chi connectivity index (χ4n) is 2.57. The molecule has 1 rings (SSSR count). The molecule has 0 unspecified atom stereocenters. The molecule has 0 aliphatic heterocycles. The van der Waals surface area contributed by atoms with Crippen LogP contribution in [0.3, 0.4) is 0 Å². The summed E-state index contributed by atoms with van der Waals surface area (Å²) in [5, 5.41) is 12.3. The van der Waals surface area contributed by atoms with Crippen molar-refractivity contribution in [3.05, 3.63) is 29.8 Å². The summed E-state index contributed by atoms with van der Waals surface area (Å²) >= 11 is 1.58. The van der Waals surface area contributed by atoms with Crippen LogP contribution in [0.4, 0.5) is 4.79 Å². The lowest BCUT2D eigenvalue weighted by atomic mass is 10.1. The van der Waals surface area contributed by atoms with Crippen molar-refractivity contribution in [3.63, 3.8) is 0 Å². The van der Waals surface area contributed by atoms with Crippen molar-refractivity contribution >= 4 is 23.7 Å². The molecule has 1 aromatic carbocycles. The molecule has 1 aromatic rings. The highest BCUT2D eigenvalue weighted by Crippen LogP contribution is 2.21. The molecule has 0 heterocycles. The van der Waals surface area contributed by atoms with Gasteiger partial charge < -0.3 is 25.8 Å². The smallest absolute Gasteiger partial charge is 0.312 e. The normalized spacial score (nSPS) is 12.9. The van der Waals surface area contributed by atoms with Gasteiger partial charge in [0.05, 0.1) is 12.7 Å². The van der Waals surface area contributed by atoms with Crippen molar-refractivity contribution in [2.45, 2.75) is 39.0 Å². The van der Waals surface area contributed by atoms with E-state index in [4.69, 9.17) is 10.5 Å². The van der Waals surface area contributed by atoms with Crippen molar-refractivity contribution in [2.24, 2.45) is 5.73 Å². The van der Waals surface area contributed by atoms with Crippen molar-refractivity contribution < 1.29 is 19.4 Å². The molecule has 0 bridgehead atoms. The Morgan fingerprint density at radius 3 is 2.65 bits per heavy atom. The molecule has 0 radical (unpaired) electrons. The Kier molecular flexibility index (Phi) is 9.90. The number of primary amides is 1. The van der Waals surface area contributed by atoms with E-state index in [-0.39, 0.29) is 19.0 Å². The maximum Gasteiger partial charge on any atom is 0.312 e. The number of ether oxygens (including phenoxy) is 1. The van der Waals surface area contributed by atoms with Gasteiger partial charge in [-0.15, -0.1) is 0 Å². The number of hydrogen-bond acceptors (Lipinski definition) is 5. The van der Waals surface area contributed by atoms with Gasteiger partial charge in [0.25, 0.3) is 0 Å². The highest BCUT2D eigenvalue weighted by molar-refractivity contribution is 7.98. The molecule has 0 spiro atoms. The topological polar surface area (TPSA) is 105 Å². The molecular weight excluding hydrogens is 354 g/mol. The van der Waals surface area contributed by atoms with Crippen molar-refractivity contribution in [1.29, 1.82) is 0 Å². The highest BCUT2D eigenvalue weighted by Gasteiger charge is 2.26. The Bertz CT molecular complexity index is 583. The van der Waals surface area contributed by atoms with Crippen LogP contribution in [0.5, 0.6) is 5.75 Å². The van der Waals surface area contributed by atoms with Crippen LogP contribution < -0.4 is 15.8 Å². The van der Waals surface area contributed by atoms with Gasteiger partial charge in [0.1, 0.15) is 11.8 Å². The van der Waals surface area contributed by atoms with Gasteiger partial charge in [0, 0.05) is 18.7 Å². The zero-order valence-corrected chi connectivity index (χ0v) is 16.4. The number of rotatable bonds is 11. The molecule has 0 aliphatic carbocycles. The molecule has 0 saturated heterocycles. The van der Waals surface area contributed by atoms with Gasteiger partial charge in [0.15, 0.2) is 0 Å². The van der Waals surface area contributed by atoms with Gasteiger partial charge >= 0.3 is 6.03 Å². The van der Waals surface area contributed by atoms with Crippen molar-refractivity contribution in [3.8, 4) is 5.75 Å². The lowest BCUT2D eigenvalue weighted by Gasteiger charge is -2.29. The van der Waals surface area contributed by atoms with Crippen LogP contribution in [-0.2, 0) is 11.3 Å². The second kappa shape index (κ2) is 11.6. The van der Waals surface area contributed by atoms with E-state index in [1.807, 2.05) is 37.4 Å². The molecule has 8 heteroatoms. The van der Waals surface area contributed by atoms with Crippen molar-refractivity contribution in [2.75, 3.05) is 25.2 Å². The number of para-hydroxylation sites is 1. The Morgan fingerprint density at radius 1 is 1.38 bits per heavy atom. The second-order valence-electron chi connectivity index (χ2n) is 5.95. The molecule has 2 atom stereocenters. The quantitative estimate of drug-likeness (QED) is 0.538. The summed E-state index contributed by atoms with van der Waals surface area (Å²) in [7, 11) is 0. The maximum atomic E-state index is 13.0. The second-order valence-corrected chi connectivity index (χ2v) is 6.94. The third kappa shape index (κ3) is 7.53. The van der Waals surface area contributed by atoms with E-state index >= 15 is 0 Å². The summed E-state index contributed by atoms with van der Waals surface area (Å²) < 4.78 is 5.62. The number of thioether (sulfide) groups is 1. The number of aliphatic hydroxyl groups is 1. The van der Waals surface area contributed by atoms with E-state index in [9.17, 15) is 14.7 Å². The molecule has 0 saturated carbocycles. The van der Waals surface area contributed by atoms with Gasteiger partial charge in [-0.05, 0) is 38.3 Å². The molecule has 0 aliphatic rings. The Morgan fingerprint density at radius 2 is 2.08 bits per heavy atom. The fourth-order valence-corrected chi connectivity index (χ4v) is 3.04. The Labute approximate surface area is 159 Å². The number of hydrogen-bond donors (Lipinski definition) is 3. The molecule has 146 valence electrons. The number of nitrogens with two attached hydrogens (primary N) is 1. The van der Waals surface area contributed by atoms with E-state index < -0.39 is 18.2 Å². The first kappa shape index (κ1) is 22.1. The summed E-state index contributed by atoms with van der Waals surface area (Å²) in [4.78, 5) is 25.8. The number of carbonyl (C=O) groups is 2. The van der Waals surface area contributed by atoms with Gasteiger partial charge in [-0.25, -0.2) is 4.79 Å². The first-order valence-electron chi connectivity index (χ1n) is 8.61. The molecular formula is C18H29N3O4S. The summed E-state index contributed by atoms with van der Waals surface area (Å²) in [6, 6.07) is 6.00. The molecule has 7 nitrogen and oxygen atoms in total. The number of benzene rings is 1. The molecule has 3 amide bonds. The number of carbonyl (C=O) groups excluding carboxylic acids is 2. The standard InChI is InChI=1S/C18H29N3O4S/c1-4-25-16-8-6-5-7-14(16)12-21(11-13(2)22)17(23)15(9-10-26-3)20-18(19)24/h5-8,13,15,22H,4,9-12H2,1-3H3,(H3,19,20,24)/t13-,15+/m0/s1. The number of nitrogens with one attached hydrogen (secondary N) is 1. The minimum atomic E-state index is -0.740. The summed E-state index contributed by atoms with van der Waals surface area (Å²) in [6.45, 7) is 4.45. The average molecular weight is 384 g/mol. The SMILES string of the molecule is CCOc1ccccc1CN(C[C@H](C)O)C(=O)[C@@H](CCSC)NC(N)=O. The largest absolute Gasteiger partial charge is 0.494 e. The fraction of sp³-hybridized carbons (Fsp3) is 0.556. The number of amides is 3. The lowest BCUT2D eigenvalue weighted by Crippen LogP contribution is -2.51. The summed E-state index contributed by atoms with van der Waals surface area (Å²) in [5.41, 5.74) is 6.06. The van der Waals surface area contributed by atoms with Crippen LogP contribution >= 0.6 is 11.8 Å². The van der Waals surface area contributed by atoms with Crippen LogP contribution in [0.2, 0.25) is 0 Å². The van der Waals surface area contributed by atoms with Crippen LogP contribution in [0, 0.1) is 0 Å². The Balaban J connectivity index is 3.03. The summed E-state index contributed by atoms with van der Waals surface area (Å²) in [6.07, 6.45) is 1.69. The van der Waals surface area contributed by atoms with E-state index in [2.05, 4.69) is 5.32 Å². The van der Waals surface area contributed by atoms with Crippen molar-refractivity contribution in [1.82, 2.24) is 10.2 Å². The van der Waals surface area contributed by atoms with Crippen LogP contribution in [0.15, 0.2) is 24.3 Å². The van der Waals surface area contributed by atoms with Gasteiger partial charge in [-0.1, -0.05) is 18.2 Å². The van der Waals surface area contributed by atoms with Gasteiger partial charge in [0.2, 0.25) is 5.91 Å². The van der Waals surface area contributed by atoms with E-state index in [1.165, 1.54) is 4.90 Å². The zero-order chi connectivity index (χ0) is 19.5. The van der Waals surface area contributed by atoms with E-state index in [0.29, 0.717) is 24.5 Å². The lowest BCUT2D eigenvalue weighted by molar-refractivity contribution is -0.135. The maximum absolute atomic E-state index is 13.0. The first-order valence-corrected chi connectivity index (χ1v) is 10.0. The van der Waals surface area contributed by atoms with Gasteiger partial charge in [-0.3, -0.25) is 4.79 Å². The van der Waals surface area contributed by atoms with E-state index in [0.717, 1.165) is 5.56 Å². The predicted octanol–water partition coefficient (Wildman–Crippen LogP) is 1.58. The summed E-state index contributed by atoms with van der Waals surface area (Å²) in [5.74, 6) is 1.13. The number of nitrogens with zero attached hydrogens (tertiary/aromatic N) is 1. The first-order chi connectivity index (χ1) is 12.4. The molecule has 0 aromatic heterocycles. The third-order valence-corrected chi connectivity index (χ3v) is 4.30. The molecule has 0 fully saturated rings. The van der Waals surface area contributed by atoms with Crippen LogP contribution in [-0.4, -0.2) is 59.3 Å². The minimum Gasteiger partial charge on any atom is -0.494 e. The average Bonchev–Trinajstić information content (AvgIpc) is 2.58. The monoisotopic (exact) mass is 383 g/mol. The van der Waals surface area contributed by atoms with Crippen LogP contribution in [0.1, 0.15) is 25.8 Å². The predicted molar refractivity (Wildman–Crippen MR) is 104 cm³/mol. The van der Waals surface area contributed by atoms with Gasteiger partial charge in [-0.2, -0.15) is 11.8 Å². The zero-order valence-electron chi connectivity index (χ0n) is 15.6. The number of aliphatic hydroxyl groups excluding tert-OH is 1. The molecule has 26 heavy (non-hydrogen) atoms. The Hall–Kier alpha value is -1.93.